The Balaban J connectivity index is 1.76. The van der Waals surface area contributed by atoms with E-state index in [2.05, 4.69) is 15.5 Å². The predicted molar refractivity (Wildman–Crippen MR) is 126 cm³/mol. The number of phenols is 1. The number of benzene rings is 2. The zero-order valence-electron chi connectivity index (χ0n) is 17.5. The van der Waals surface area contributed by atoms with E-state index < -0.39 is 10.0 Å². The molecule has 2 aromatic carbocycles. The van der Waals surface area contributed by atoms with Gasteiger partial charge in [-0.05, 0) is 42.7 Å². The van der Waals surface area contributed by atoms with Gasteiger partial charge >= 0.3 is 0 Å². The number of nitrogens with zero attached hydrogens (tertiary/aromatic N) is 3. The second-order valence-electron chi connectivity index (χ2n) is 6.93. The number of nitrogens with one attached hydrogen (secondary N) is 1. The van der Waals surface area contributed by atoms with Crippen molar-refractivity contribution in [3.63, 3.8) is 0 Å². The van der Waals surface area contributed by atoms with E-state index in [0.717, 1.165) is 24.0 Å². The molecule has 0 saturated heterocycles. The van der Waals surface area contributed by atoms with Crippen molar-refractivity contribution in [1.82, 2.24) is 9.29 Å². The van der Waals surface area contributed by atoms with Crippen LogP contribution in [0.1, 0.15) is 32.3 Å². The van der Waals surface area contributed by atoms with Gasteiger partial charge in [-0.3, -0.25) is 5.43 Å². The standard InChI is InChI=1S/C22H26N4O3S2/c1-3-11-26(12-4-2)31(28,29)20-10-6-8-18(14-20)21-16-30-22(24-21)25-23-15-17-7-5-9-19(27)13-17/h5-10,13-16,27H,3-4,11-12H2,1-2H3,(H,24,25)/b23-15+. The van der Waals surface area contributed by atoms with Crippen molar-refractivity contribution in [2.75, 3.05) is 18.5 Å². The summed E-state index contributed by atoms with van der Waals surface area (Å²) in [4.78, 5) is 4.78. The summed E-state index contributed by atoms with van der Waals surface area (Å²) in [6.07, 6.45) is 3.12. The molecule has 31 heavy (non-hydrogen) atoms. The van der Waals surface area contributed by atoms with Crippen LogP contribution >= 0.6 is 11.3 Å². The van der Waals surface area contributed by atoms with Crippen molar-refractivity contribution >= 4 is 32.7 Å². The smallest absolute Gasteiger partial charge is 0.243 e. The molecule has 1 heterocycles. The van der Waals surface area contributed by atoms with Gasteiger partial charge < -0.3 is 5.11 Å². The van der Waals surface area contributed by atoms with Crippen molar-refractivity contribution in [3.05, 3.63) is 59.5 Å². The first-order valence-electron chi connectivity index (χ1n) is 10.1. The van der Waals surface area contributed by atoms with Gasteiger partial charge in [-0.2, -0.15) is 9.41 Å². The van der Waals surface area contributed by atoms with Crippen LogP contribution in [0.4, 0.5) is 5.13 Å². The van der Waals surface area contributed by atoms with Gasteiger partial charge in [-0.1, -0.05) is 38.1 Å². The zero-order chi connectivity index (χ0) is 22.3. The van der Waals surface area contributed by atoms with Crippen LogP contribution in [0.25, 0.3) is 11.3 Å². The van der Waals surface area contributed by atoms with E-state index in [4.69, 9.17) is 0 Å². The lowest BCUT2D eigenvalue weighted by Gasteiger charge is -2.21. The van der Waals surface area contributed by atoms with Crippen LogP contribution in [0, 0.1) is 0 Å². The van der Waals surface area contributed by atoms with E-state index in [9.17, 15) is 13.5 Å². The van der Waals surface area contributed by atoms with Crippen molar-refractivity contribution in [1.29, 1.82) is 0 Å². The van der Waals surface area contributed by atoms with E-state index in [1.54, 1.807) is 42.6 Å². The van der Waals surface area contributed by atoms with Gasteiger partial charge in [0.25, 0.3) is 0 Å². The molecule has 3 aromatic rings. The summed E-state index contributed by atoms with van der Waals surface area (Å²) >= 11 is 1.37. The molecule has 0 fully saturated rings. The Morgan fingerprint density at radius 3 is 2.58 bits per heavy atom. The first-order valence-corrected chi connectivity index (χ1v) is 12.4. The Kier molecular flexibility index (Phi) is 7.78. The van der Waals surface area contributed by atoms with Crippen molar-refractivity contribution in [2.24, 2.45) is 5.10 Å². The minimum Gasteiger partial charge on any atom is -0.508 e. The molecule has 0 radical (unpaired) electrons. The molecule has 3 rings (SSSR count). The minimum atomic E-state index is -3.55. The molecule has 9 heteroatoms. The monoisotopic (exact) mass is 458 g/mol. The highest BCUT2D eigenvalue weighted by atomic mass is 32.2. The van der Waals surface area contributed by atoms with Crippen LogP contribution in [0.15, 0.2) is 63.9 Å². The van der Waals surface area contributed by atoms with Gasteiger partial charge in [0.1, 0.15) is 5.75 Å². The molecule has 164 valence electrons. The summed E-state index contributed by atoms with van der Waals surface area (Å²) in [6.45, 7) is 4.95. The predicted octanol–water partition coefficient (Wildman–Crippen LogP) is 4.77. The highest BCUT2D eigenvalue weighted by molar-refractivity contribution is 7.89. The summed E-state index contributed by atoms with van der Waals surface area (Å²) in [5, 5.41) is 16.1. The molecule has 0 atom stereocenters. The summed E-state index contributed by atoms with van der Waals surface area (Å²) in [6, 6.07) is 13.6. The van der Waals surface area contributed by atoms with Crippen molar-refractivity contribution in [3.8, 4) is 17.0 Å². The minimum absolute atomic E-state index is 0.173. The van der Waals surface area contributed by atoms with E-state index in [1.165, 1.54) is 15.6 Å². The van der Waals surface area contributed by atoms with Crippen LogP contribution in [0.2, 0.25) is 0 Å². The molecular formula is C22H26N4O3S2. The number of hydrogen-bond donors (Lipinski definition) is 2. The quantitative estimate of drug-likeness (QED) is 0.337. The Hall–Kier alpha value is -2.75. The molecule has 2 N–H and O–H groups in total. The fourth-order valence-electron chi connectivity index (χ4n) is 3.04. The van der Waals surface area contributed by atoms with Gasteiger partial charge in [-0.25, -0.2) is 13.4 Å². The average molecular weight is 459 g/mol. The van der Waals surface area contributed by atoms with Crippen LogP contribution in [-0.2, 0) is 10.0 Å². The Morgan fingerprint density at radius 1 is 1.13 bits per heavy atom. The number of anilines is 1. The number of rotatable bonds is 10. The summed E-state index contributed by atoms with van der Waals surface area (Å²) in [5.41, 5.74) is 5.03. The summed E-state index contributed by atoms with van der Waals surface area (Å²) in [5.74, 6) is 0.173. The van der Waals surface area contributed by atoms with Crippen LogP contribution < -0.4 is 5.43 Å². The number of hydrogen-bond acceptors (Lipinski definition) is 7. The number of hydrazone groups is 1. The van der Waals surface area contributed by atoms with Gasteiger partial charge in [0.05, 0.1) is 16.8 Å². The average Bonchev–Trinajstić information content (AvgIpc) is 3.23. The number of thiazole rings is 1. The van der Waals surface area contributed by atoms with Crippen LogP contribution in [-0.4, -0.2) is 42.1 Å². The number of aromatic hydroxyl groups is 1. The van der Waals surface area contributed by atoms with Crippen LogP contribution in [0.3, 0.4) is 0 Å². The van der Waals surface area contributed by atoms with Crippen LogP contribution in [0.5, 0.6) is 5.75 Å². The molecule has 0 amide bonds. The molecule has 0 spiro atoms. The fraction of sp³-hybridized carbons (Fsp3) is 0.273. The second kappa shape index (κ2) is 10.5. The fourth-order valence-corrected chi connectivity index (χ4v) is 5.38. The summed E-state index contributed by atoms with van der Waals surface area (Å²) in [7, 11) is -3.55. The number of aromatic nitrogens is 1. The lowest BCUT2D eigenvalue weighted by Crippen LogP contribution is -2.32. The first kappa shape index (κ1) is 22.9. The Morgan fingerprint density at radius 2 is 1.87 bits per heavy atom. The van der Waals surface area contributed by atoms with E-state index in [1.807, 2.05) is 31.4 Å². The lowest BCUT2D eigenvalue weighted by molar-refractivity contribution is 0.410. The largest absolute Gasteiger partial charge is 0.508 e. The van der Waals surface area contributed by atoms with E-state index in [-0.39, 0.29) is 10.6 Å². The molecule has 0 saturated carbocycles. The van der Waals surface area contributed by atoms with E-state index >= 15 is 0 Å². The zero-order valence-corrected chi connectivity index (χ0v) is 19.2. The normalized spacial score (nSPS) is 12.0. The van der Waals surface area contributed by atoms with Gasteiger partial charge in [0.2, 0.25) is 15.2 Å². The Labute approximate surface area is 187 Å². The molecule has 0 aliphatic carbocycles. The maximum absolute atomic E-state index is 13.1. The summed E-state index contributed by atoms with van der Waals surface area (Å²) < 4.78 is 27.7. The van der Waals surface area contributed by atoms with Crippen molar-refractivity contribution < 1.29 is 13.5 Å². The Bertz CT molecular complexity index is 1140. The molecule has 0 bridgehead atoms. The molecule has 0 unspecified atom stereocenters. The topological polar surface area (TPSA) is 94.9 Å². The molecule has 0 aliphatic rings. The second-order valence-corrected chi connectivity index (χ2v) is 9.73. The third-order valence-corrected chi connectivity index (χ3v) is 7.10. The third kappa shape index (κ3) is 5.90. The highest BCUT2D eigenvalue weighted by Gasteiger charge is 2.23. The van der Waals surface area contributed by atoms with Gasteiger partial charge in [0, 0.05) is 24.0 Å². The van der Waals surface area contributed by atoms with Gasteiger partial charge in [-0.15, -0.1) is 11.3 Å². The van der Waals surface area contributed by atoms with Gasteiger partial charge in [0.15, 0.2) is 0 Å². The maximum Gasteiger partial charge on any atom is 0.243 e. The SMILES string of the molecule is CCCN(CCC)S(=O)(=O)c1cccc(-c2csc(N/N=C/c3cccc(O)c3)n2)c1. The van der Waals surface area contributed by atoms with E-state index in [0.29, 0.717) is 23.9 Å². The highest BCUT2D eigenvalue weighted by Crippen LogP contribution is 2.28. The molecule has 7 nitrogen and oxygen atoms in total. The first-order chi connectivity index (χ1) is 14.9. The molecule has 1 aromatic heterocycles. The number of phenolic OH excluding ortho intramolecular Hbond substituents is 1. The number of sulfonamides is 1. The van der Waals surface area contributed by atoms with Crippen molar-refractivity contribution in [2.45, 2.75) is 31.6 Å². The third-order valence-electron chi connectivity index (χ3n) is 4.46. The molecular weight excluding hydrogens is 432 g/mol. The molecule has 0 aliphatic heterocycles. The lowest BCUT2D eigenvalue weighted by atomic mass is 10.2. The maximum atomic E-state index is 13.1.